The van der Waals surface area contributed by atoms with Crippen molar-refractivity contribution in [1.82, 2.24) is 0 Å². The lowest BCUT2D eigenvalue weighted by molar-refractivity contribution is 0.102. The number of hydrogen-bond donors (Lipinski definition) is 1. The first-order valence-electron chi connectivity index (χ1n) is 7.48. The molecule has 0 saturated carbocycles. The summed E-state index contributed by atoms with van der Waals surface area (Å²) < 4.78 is 25.9. The van der Waals surface area contributed by atoms with Gasteiger partial charge in [0.2, 0.25) is 10.0 Å². The standard InChI is InChI=1S/C16H18N2O3S2/c1-2-23(20,21)18-8-3-4-12-10-14(5-6-15(12)18)17-16(19)13-7-9-22-11-13/h5-7,9-11H,2-4,8H2,1H3,(H,17,19). The normalized spacial score (nSPS) is 14.4. The Hall–Kier alpha value is -1.86. The van der Waals surface area contributed by atoms with Crippen molar-refractivity contribution in [3.05, 3.63) is 46.2 Å². The summed E-state index contributed by atoms with van der Waals surface area (Å²) in [5.74, 6) is -0.0663. The van der Waals surface area contributed by atoms with Gasteiger partial charge in [0.1, 0.15) is 0 Å². The summed E-state index contributed by atoms with van der Waals surface area (Å²) in [6, 6.07) is 7.18. The van der Waals surface area contributed by atoms with Crippen molar-refractivity contribution in [3.8, 4) is 0 Å². The van der Waals surface area contributed by atoms with E-state index in [4.69, 9.17) is 0 Å². The first-order chi connectivity index (χ1) is 11.0. The number of anilines is 2. The molecule has 0 atom stereocenters. The summed E-state index contributed by atoms with van der Waals surface area (Å²) in [5, 5.41) is 6.51. The van der Waals surface area contributed by atoms with Gasteiger partial charge in [-0.25, -0.2) is 8.42 Å². The molecule has 1 aromatic carbocycles. The summed E-state index contributed by atoms with van der Waals surface area (Å²) in [5.41, 5.74) is 3.00. The molecule has 1 aliphatic heterocycles. The van der Waals surface area contributed by atoms with Crippen LogP contribution in [0.2, 0.25) is 0 Å². The van der Waals surface area contributed by atoms with Crippen LogP contribution in [-0.2, 0) is 16.4 Å². The van der Waals surface area contributed by atoms with E-state index >= 15 is 0 Å². The minimum Gasteiger partial charge on any atom is -0.322 e. The summed E-state index contributed by atoms with van der Waals surface area (Å²) >= 11 is 1.47. The number of benzene rings is 1. The smallest absolute Gasteiger partial charge is 0.256 e. The highest BCUT2D eigenvalue weighted by Crippen LogP contribution is 2.31. The number of amides is 1. The van der Waals surface area contributed by atoms with Crippen molar-refractivity contribution >= 4 is 38.6 Å². The number of sulfonamides is 1. The third-order valence-electron chi connectivity index (χ3n) is 3.90. The summed E-state index contributed by atoms with van der Waals surface area (Å²) in [6.07, 6.45) is 1.60. The number of carbonyl (C=O) groups is 1. The molecule has 0 aliphatic carbocycles. The molecule has 0 bridgehead atoms. The maximum atomic E-state index is 12.2. The summed E-state index contributed by atoms with van der Waals surface area (Å²) in [7, 11) is -3.26. The van der Waals surface area contributed by atoms with Gasteiger partial charge in [-0.2, -0.15) is 11.3 Å². The fourth-order valence-electron chi connectivity index (χ4n) is 2.68. The van der Waals surface area contributed by atoms with Crippen LogP contribution < -0.4 is 9.62 Å². The second-order valence-electron chi connectivity index (χ2n) is 5.39. The zero-order valence-corrected chi connectivity index (χ0v) is 14.4. The predicted octanol–water partition coefficient (Wildman–Crippen LogP) is 3.10. The van der Waals surface area contributed by atoms with Gasteiger partial charge in [-0.15, -0.1) is 0 Å². The number of nitrogens with zero attached hydrogens (tertiary/aromatic N) is 1. The van der Waals surface area contributed by atoms with Crippen molar-refractivity contribution in [2.45, 2.75) is 19.8 Å². The molecular formula is C16H18N2O3S2. The Morgan fingerprint density at radius 3 is 2.87 bits per heavy atom. The highest BCUT2D eigenvalue weighted by Gasteiger charge is 2.26. The molecule has 1 aromatic heterocycles. The van der Waals surface area contributed by atoms with Crippen molar-refractivity contribution in [3.63, 3.8) is 0 Å². The van der Waals surface area contributed by atoms with Crippen LogP contribution in [0, 0.1) is 0 Å². The van der Waals surface area contributed by atoms with Gasteiger partial charge in [0, 0.05) is 17.6 Å². The van der Waals surface area contributed by atoms with E-state index in [0.717, 1.165) is 24.1 Å². The molecule has 3 rings (SSSR count). The molecule has 1 N–H and O–H groups in total. The lowest BCUT2D eigenvalue weighted by atomic mass is 10.0. The number of thiophene rings is 1. The molecule has 0 unspecified atom stereocenters. The van der Waals surface area contributed by atoms with Crippen LogP contribution in [0.1, 0.15) is 29.3 Å². The monoisotopic (exact) mass is 350 g/mol. The molecule has 2 heterocycles. The Bertz CT molecular complexity index is 814. The van der Waals surface area contributed by atoms with Crippen LogP contribution in [0.15, 0.2) is 35.0 Å². The van der Waals surface area contributed by atoms with Crippen molar-refractivity contribution in [2.75, 3.05) is 21.9 Å². The largest absolute Gasteiger partial charge is 0.322 e. The molecule has 5 nitrogen and oxygen atoms in total. The number of aryl methyl sites for hydroxylation is 1. The van der Waals surface area contributed by atoms with Crippen LogP contribution in [0.25, 0.3) is 0 Å². The molecule has 23 heavy (non-hydrogen) atoms. The average molecular weight is 350 g/mol. The minimum absolute atomic E-state index is 0.0864. The molecule has 1 amide bonds. The van der Waals surface area contributed by atoms with Crippen LogP contribution in [0.4, 0.5) is 11.4 Å². The van der Waals surface area contributed by atoms with E-state index < -0.39 is 10.0 Å². The molecule has 0 fully saturated rings. The Labute approximate surface area is 140 Å². The lowest BCUT2D eigenvalue weighted by Crippen LogP contribution is -2.36. The van der Waals surface area contributed by atoms with E-state index in [1.807, 2.05) is 11.4 Å². The molecule has 122 valence electrons. The highest BCUT2D eigenvalue weighted by atomic mass is 32.2. The van der Waals surface area contributed by atoms with Crippen LogP contribution in [-0.4, -0.2) is 26.6 Å². The van der Waals surface area contributed by atoms with Gasteiger partial charge in [0.25, 0.3) is 5.91 Å². The van der Waals surface area contributed by atoms with E-state index in [0.29, 0.717) is 17.8 Å². The van der Waals surface area contributed by atoms with Gasteiger partial charge in [0.15, 0.2) is 0 Å². The van der Waals surface area contributed by atoms with Gasteiger partial charge in [-0.05, 0) is 55.0 Å². The van der Waals surface area contributed by atoms with Gasteiger partial charge in [-0.1, -0.05) is 0 Å². The fraction of sp³-hybridized carbons (Fsp3) is 0.312. The average Bonchev–Trinajstić information content (AvgIpc) is 3.08. The van der Waals surface area contributed by atoms with Gasteiger partial charge >= 0.3 is 0 Å². The first-order valence-corrected chi connectivity index (χ1v) is 10.0. The third-order valence-corrected chi connectivity index (χ3v) is 6.36. The number of carbonyl (C=O) groups excluding carboxylic acids is 1. The minimum atomic E-state index is -3.26. The quantitative estimate of drug-likeness (QED) is 0.921. The summed E-state index contributed by atoms with van der Waals surface area (Å²) in [4.78, 5) is 12.1. The zero-order chi connectivity index (χ0) is 16.4. The topological polar surface area (TPSA) is 66.5 Å². The second-order valence-corrected chi connectivity index (χ2v) is 8.35. The number of fused-ring (bicyclic) bond motifs is 1. The second kappa shape index (κ2) is 6.33. The van der Waals surface area contributed by atoms with Crippen LogP contribution in [0.3, 0.4) is 0 Å². The van der Waals surface area contributed by atoms with Gasteiger partial charge in [0.05, 0.1) is 17.0 Å². The number of nitrogens with one attached hydrogen (secondary N) is 1. The zero-order valence-electron chi connectivity index (χ0n) is 12.8. The Kier molecular flexibility index (Phi) is 4.41. The maximum absolute atomic E-state index is 12.2. The Morgan fingerprint density at radius 2 is 2.17 bits per heavy atom. The molecule has 1 aliphatic rings. The van der Waals surface area contributed by atoms with Crippen molar-refractivity contribution < 1.29 is 13.2 Å². The predicted molar refractivity (Wildman–Crippen MR) is 93.8 cm³/mol. The van der Waals surface area contributed by atoms with E-state index in [1.54, 1.807) is 30.5 Å². The van der Waals surface area contributed by atoms with Gasteiger partial charge < -0.3 is 5.32 Å². The SMILES string of the molecule is CCS(=O)(=O)N1CCCc2cc(NC(=O)c3ccsc3)ccc21. The third kappa shape index (κ3) is 3.25. The molecule has 0 spiro atoms. The molecule has 2 aromatic rings. The van der Waals surface area contributed by atoms with E-state index in [1.165, 1.54) is 15.6 Å². The molecular weight excluding hydrogens is 332 g/mol. The molecule has 0 saturated heterocycles. The summed E-state index contributed by atoms with van der Waals surface area (Å²) in [6.45, 7) is 2.17. The highest BCUT2D eigenvalue weighted by molar-refractivity contribution is 7.92. The van der Waals surface area contributed by atoms with Crippen molar-refractivity contribution in [2.24, 2.45) is 0 Å². The first kappa shape index (κ1) is 16.0. The van der Waals surface area contributed by atoms with Crippen LogP contribution in [0.5, 0.6) is 0 Å². The Balaban J connectivity index is 1.86. The maximum Gasteiger partial charge on any atom is 0.256 e. The number of rotatable bonds is 4. The van der Waals surface area contributed by atoms with Crippen molar-refractivity contribution in [1.29, 1.82) is 0 Å². The molecule has 0 radical (unpaired) electrons. The van der Waals surface area contributed by atoms with E-state index in [-0.39, 0.29) is 11.7 Å². The van der Waals surface area contributed by atoms with E-state index in [9.17, 15) is 13.2 Å². The Morgan fingerprint density at radius 1 is 1.35 bits per heavy atom. The lowest BCUT2D eigenvalue weighted by Gasteiger charge is -2.30. The molecule has 7 heteroatoms. The van der Waals surface area contributed by atoms with E-state index in [2.05, 4.69) is 5.32 Å². The number of hydrogen-bond acceptors (Lipinski definition) is 4. The van der Waals surface area contributed by atoms with Gasteiger partial charge in [-0.3, -0.25) is 9.10 Å². The fourth-order valence-corrected chi connectivity index (χ4v) is 4.51. The van der Waals surface area contributed by atoms with Crippen LogP contribution >= 0.6 is 11.3 Å².